The van der Waals surface area contributed by atoms with Gasteiger partial charge in [0.25, 0.3) is 5.91 Å². The van der Waals surface area contributed by atoms with Crippen molar-refractivity contribution in [1.82, 2.24) is 25.5 Å². The fourth-order valence-electron chi connectivity index (χ4n) is 4.54. The molecule has 37 heavy (non-hydrogen) atoms. The lowest BCUT2D eigenvalue weighted by Crippen LogP contribution is -2.41. The number of carbonyl (C=O) groups excluding carboxylic acids is 1. The number of rotatable bonds is 5. The Balaban J connectivity index is 1.46. The number of nitrogens with two attached hydrogens (primary N) is 1. The molecule has 4 heterocycles. The SMILES string of the molecule is COc1ccc(-c2nc(C(=O)N[C@H]3CCN(C4=NCCN4)C3)c([C@H](C)N)o2)c2ccc(C(F)(F)F)nc12. The van der Waals surface area contributed by atoms with Crippen molar-refractivity contribution < 1.29 is 27.1 Å². The number of aliphatic imine (C=N–C) groups is 1. The molecule has 0 aliphatic carbocycles. The number of alkyl halides is 3. The lowest BCUT2D eigenvalue weighted by atomic mass is 10.1. The van der Waals surface area contributed by atoms with Crippen molar-refractivity contribution in [2.45, 2.75) is 31.6 Å². The van der Waals surface area contributed by atoms with Crippen molar-refractivity contribution in [3.8, 4) is 17.2 Å². The first-order valence-electron chi connectivity index (χ1n) is 11.8. The third kappa shape index (κ3) is 4.78. The first-order chi connectivity index (χ1) is 17.7. The van der Waals surface area contributed by atoms with E-state index in [2.05, 4.69) is 30.5 Å². The smallest absolute Gasteiger partial charge is 0.433 e. The molecular weight excluding hydrogens is 491 g/mol. The zero-order valence-corrected chi connectivity index (χ0v) is 20.2. The number of likely N-dealkylation sites (tertiary alicyclic amines) is 1. The number of nitrogens with zero attached hydrogens (tertiary/aromatic N) is 4. The zero-order valence-electron chi connectivity index (χ0n) is 20.2. The Hall–Kier alpha value is -3.87. The van der Waals surface area contributed by atoms with Gasteiger partial charge in [-0.05, 0) is 37.6 Å². The summed E-state index contributed by atoms with van der Waals surface area (Å²) in [5.41, 5.74) is 5.41. The minimum atomic E-state index is -4.62. The van der Waals surface area contributed by atoms with Crippen LogP contribution in [0.15, 0.2) is 33.7 Å². The van der Waals surface area contributed by atoms with E-state index in [0.29, 0.717) is 17.5 Å². The van der Waals surface area contributed by atoms with Gasteiger partial charge < -0.3 is 30.4 Å². The largest absolute Gasteiger partial charge is 0.494 e. The molecule has 0 unspecified atom stereocenters. The Morgan fingerprint density at radius 2 is 2.11 bits per heavy atom. The van der Waals surface area contributed by atoms with Crippen LogP contribution in [0.5, 0.6) is 5.75 Å². The molecule has 1 saturated heterocycles. The third-order valence-electron chi connectivity index (χ3n) is 6.32. The summed E-state index contributed by atoms with van der Waals surface area (Å²) < 4.78 is 51.0. The van der Waals surface area contributed by atoms with Crippen LogP contribution in [-0.4, -0.2) is 66.1 Å². The van der Waals surface area contributed by atoms with Gasteiger partial charge in [0.1, 0.15) is 17.0 Å². The summed E-state index contributed by atoms with van der Waals surface area (Å²) in [5.74, 6) is 0.780. The van der Waals surface area contributed by atoms with Gasteiger partial charge >= 0.3 is 6.18 Å². The Kier molecular flexibility index (Phi) is 6.40. The molecule has 1 amide bonds. The van der Waals surface area contributed by atoms with Gasteiger partial charge in [-0.25, -0.2) is 9.97 Å². The summed E-state index contributed by atoms with van der Waals surface area (Å²) in [6.07, 6.45) is -3.89. The summed E-state index contributed by atoms with van der Waals surface area (Å²) >= 11 is 0. The van der Waals surface area contributed by atoms with E-state index in [9.17, 15) is 18.0 Å². The second-order valence-corrected chi connectivity index (χ2v) is 8.96. The molecule has 0 radical (unpaired) electrons. The van der Waals surface area contributed by atoms with Crippen molar-refractivity contribution in [2.75, 3.05) is 33.3 Å². The molecule has 2 aliphatic heterocycles. The van der Waals surface area contributed by atoms with Crippen molar-refractivity contribution in [1.29, 1.82) is 0 Å². The number of carbonyl (C=O) groups is 1. The normalized spacial score (nSPS) is 18.6. The molecule has 5 rings (SSSR count). The van der Waals surface area contributed by atoms with Gasteiger partial charge in [-0.2, -0.15) is 13.2 Å². The third-order valence-corrected chi connectivity index (χ3v) is 6.32. The van der Waals surface area contributed by atoms with Gasteiger partial charge in [0.05, 0.1) is 19.7 Å². The molecule has 196 valence electrons. The highest BCUT2D eigenvalue weighted by Crippen LogP contribution is 2.37. The van der Waals surface area contributed by atoms with Crippen LogP contribution < -0.4 is 21.1 Å². The maximum Gasteiger partial charge on any atom is 0.433 e. The molecule has 1 fully saturated rings. The van der Waals surface area contributed by atoms with Gasteiger partial charge in [0, 0.05) is 36.6 Å². The highest BCUT2D eigenvalue weighted by Gasteiger charge is 2.34. The summed E-state index contributed by atoms with van der Waals surface area (Å²) in [5, 5.41) is 6.54. The zero-order chi connectivity index (χ0) is 26.3. The van der Waals surface area contributed by atoms with Crippen LogP contribution in [0.25, 0.3) is 22.4 Å². The number of ether oxygens (including phenoxy) is 1. The first-order valence-corrected chi connectivity index (χ1v) is 11.8. The number of guanidine groups is 1. The predicted octanol–water partition coefficient (Wildman–Crippen LogP) is 2.70. The highest BCUT2D eigenvalue weighted by molar-refractivity contribution is 5.98. The van der Waals surface area contributed by atoms with Gasteiger partial charge in [-0.1, -0.05) is 0 Å². The molecule has 0 saturated carbocycles. The molecule has 3 aromatic rings. The van der Waals surface area contributed by atoms with Gasteiger partial charge in [0.15, 0.2) is 17.4 Å². The van der Waals surface area contributed by atoms with E-state index in [1.54, 1.807) is 13.0 Å². The van der Waals surface area contributed by atoms with Crippen LogP contribution in [0.2, 0.25) is 0 Å². The molecule has 13 heteroatoms. The van der Waals surface area contributed by atoms with Crippen LogP contribution in [0.4, 0.5) is 13.2 Å². The topological polar surface area (TPSA) is 131 Å². The van der Waals surface area contributed by atoms with Gasteiger partial charge in [-0.15, -0.1) is 0 Å². The molecular formula is C24H26F3N7O3. The van der Waals surface area contributed by atoms with E-state index in [1.165, 1.54) is 19.2 Å². The summed E-state index contributed by atoms with van der Waals surface area (Å²) in [6, 6.07) is 4.46. The van der Waals surface area contributed by atoms with E-state index in [4.69, 9.17) is 14.9 Å². The molecule has 0 bridgehead atoms. The summed E-state index contributed by atoms with van der Waals surface area (Å²) in [6.45, 7) is 4.55. The van der Waals surface area contributed by atoms with Crippen LogP contribution in [0.1, 0.15) is 41.3 Å². The Labute approximate surface area is 210 Å². The van der Waals surface area contributed by atoms with Crippen LogP contribution in [0.3, 0.4) is 0 Å². The fourth-order valence-corrected chi connectivity index (χ4v) is 4.54. The lowest BCUT2D eigenvalue weighted by Gasteiger charge is -2.18. The summed E-state index contributed by atoms with van der Waals surface area (Å²) in [7, 11) is 1.34. The molecule has 2 aliphatic rings. The van der Waals surface area contributed by atoms with Gasteiger partial charge in [-0.3, -0.25) is 9.79 Å². The average molecular weight is 518 g/mol. The van der Waals surface area contributed by atoms with Gasteiger partial charge in [0.2, 0.25) is 5.89 Å². The predicted molar refractivity (Wildman–Crippen MR) is 129 cm³/mol. The van der Waals surface area contributed by atoms with Crippen LogP contribution in [0, 0.1) is 0 Å². The van der Waals surface area contributed by atoms with Crippen molar-refractivity contribution in [3.05, 3.63) is 41.4 Å². The number of pyridine rings is 1. The number of amides is 1. The molecule has 2 aromatic heterocycles. The molecule has 4 N–H and O–H groups in total. The average Bonchev–Trinajstić information content (AvgIpc) is 3.63. The van der Waals surface area contributed by atoms with E-state index in [1.807, 2.05) is 0 Å². The van der Waals surface area contributed by atoms with Crippen LogP contribution >= 0.6 is 0 Å². The number of hydrogen-bond acceptors (Lipinski definition) is 9. The van der Waals surface area contributed by atoms with Crippen LogP contribution in [-0.2, 0) is 6.18 Å². The Bertz CT molecular complexity index is 1370. The number of hydrogen-bond donors (Lipinski definition) is 3. The maximum atomic E-state index is 13.3. The molecule has 2 atom stereocenters. The van der Waals surface area contributed by atoms with E-state index >= 15 is 0 Å². The number of benzene rings is 1. The van der Waals surface area contributed by atoms with Crippen molar-refractivity contribution in [3.63, 3.8) is 0 Å². The van der Waals surface area contributed by atoms with E-state index in [0.717, 1.165) is 38.1 Å². The molecule has 0 spiro atoms. The quantitative estimate of drug-likeness (QED) is 0.471. The minimum Gasteiger partial charge on any atom is -0.494 e. The van der Waals surface area contributed by atoms with Crippen molar-refractivity contribution >= 4 is 22.8 Å². The highest BCUT2D eigenvalue weighted by atomic mass is 19.4. The minimum absolute atomic E-state index is 0.00384. The fraction of sp³-hybridized carbons (Fsp3) is 0.417. The number of halogens is 3. The number of methoxy groups -OCH3 is 1. The standard InChI is InChI=1S/C24H26F3N7O3/c1-12(28)20-19(21(35)31-13-7-10-34(11-13)23-29-8-9-30-23)33-22(37-20)15-3-5-16(36-2)18-14(15)4-6-17(32-18)24(25,26)27/h3-6,12-13H,7-11,28H2,1-2H3,(H,29,30)(H,31,35)/t12-,13-/m0/s1. The molecule has 10 nitrogen and oxygen atoms in total. The first kappa shape index (κ1) is 24.8. The lowest BCUT2D eigenvalue weighted by molar-refractivity contribution is -0.140. The number of nitrogens with one attached hydrogen (secondary N) is 2. The second-order valence-electron chi connectivity index (χ2n) is 8.96. The number of oxazole rings is 1. The second kappa shape index (κ2) is 9.54. The monoisotopic (exact) mass is 517 g/mol. The Morgan fingerprint density at radius 3 is 2.78 bits per heavy atom. The van der Waals surface area contributed by atoms with E-state index in [-0.39, 0.29) is 34.7 Å². The molecule has 1 aromatic carbocycles. The summed E-state index contributed by atoms with van der Waals surface area (Å²) in [4.78, 5) is 27.9. The van der Waals surface area contributed by atoms with E-state index < -0.39 is 23.8 Å². The number of fused-ring (bicyclic) bond motifs is 1. The number of aromatic nitrogens is 2. The van der Waals surface area contributed by atoms with Crippen molar-refractivity contribution in [2.24, 2.45) is 10.7 Å². The maximum absolute atomic E-state index is 13.3. The Morgan fingerprint density at radius 1 is 1.30 bits per heavy atom.